The average Bonchev–Trinajstić information content (AvgIpc) is 2.25. The Morgan fingerprint density at radius 3 is 2.59 bits per heavy atom. The van der Waals surface area contributed by atoms with E-state index < -0.39 is 0 Å². The first-order valence-electron chi connectivity index (χ1n) is 4.60. The second-order valence-electron chi connectivity index (χ2n) is 3.23. The number of hydrogen-bond acceptors (Lipinski definition) is 3. The van der Waals surface area contributed by atoms with Gasteiger partial charge in [0.15, 0.2) is 0 Å². The van der Waals surface area contributed by atoms with Crippen molar-refractivity contribution in [2.45, 2.75) is 0 Å². The number of nitrogen functional groups attached to an aromatic ring is 1. The van der Waals surface area contributed by atoms with Crippen molar-refractivity contribution in [1.29, 1.82) is 0 Å². The SMILES string of the molecule is Nc1cnc(Oc2ccc(Br)cc2Cl)c(Cl)c1. The van der Waals surface area contributed by atoms with Crippen LogP contribution in [0.25, 0.3) is 0 Å². The van der Waals surface area contributed by atoms with Gasteiger partial charge in [-0.05, 0) is 24.3 Å². The highest BCUT2D eigenvalue weighted by Crippen LogP contribution is 2.34. The molecule has 1 aromatic heterocycles. The molecule has 3 nitrogen and oxygen atoms in total. The van der Waals surface area contributed by atoms with Crippen molar-refractivity contribution in [3.63, 3.8) is 0 Å². The molecule has 17 heavy (non-hydrogen) atoms. The van der Waals surface area contributed by atoms with E-state index in [0.29, 0.717) is 21.5 Å². The standard InChI is InChI=1S/C11H7BrCl2N2O/c12-6-1-2-10(8(13)3-6)17-11-9(14)4-7(15)5-16-11/h1-5H,15H2. The van der Waals surface area contributed by atoms with Crippen LogP contribution in [0.2, 0.25) is 10.0 Å². The van der Waals surface area contributed by atoms with Crippen molar-refractivity contribution < 1.29 is 4.74 Å². The average molecular weight is 334 g/mol. The maximum absolute atomic E-state index is 6.01. The van der Waals surface area contributed by atoms with Crippen molar-refractivity contribution in [1.82, 2.24) is 4.98 Å². The molecule has 0 radical (unpaired) electrons. The first-order chi connectivity index (χ1) is 8.06. The largest absolute Gasteiger partial charge is 0.436 e. The highest BCUT2D eigenvalue weighted by atomic mass is 79.9. The predicted molar refractivity (Wildman–Crippen MR) is 72.9 cm³/mol. The van der Waals surface area contributed by atoms with Crippen molar-refractivity contribution in [2.75, 3.05) is 5.73 Å². The van der Waals surface area contributed by atoms with Gasteiger partial charge in [-0.3, -0.25) is 0 Å². The summed E-state index contributed by atoms with van der Waals surface area (Å²) in [6.45, 7) is 0. The maximum Gasteiger partial charge on any atom is 0.238 e. The lowest BCUT2D eigenvalue weighted by Crippen LogP contribution is -1.92. The van der Waals surface area contributed by atoms with Gasteiger partial charge in [0, 0.05) is 4.47 Å². The molecular weight excluding hydrogens is 327 g/mol. The first-order valence-corrected chi connectivity index (χ1v) is 6.15. The van der Waals surface area contributed by atoms with Crippen LogP contribution >= 0.6 is 39.1 Å². The van der Waals surface area contributed by atoms with Gasteiger partial charge in [0.05, 0.1) is 16.9 Å². The zero-order chi connectivity index (χ0) is 12.4. The molecule has 0 fully saturated rings. The Morgan fingerprint density at radius 2 is 1.94 bits per heavy atom. The van der Waals surface area contributed by atoms with Crippen LogP contribution in [0.5, 0.6) is 11.6 Å². The van der Waals surface area contributed by atoms with Crippen LogP contribution in [-0.2, 0) is 0 Å². The molecule has 6 heteroatoms. The second kappa shape index (κ2) is 5.12. The molecule has 0 saturated heterocycles. The quantitative estimate of drug-likeness (QED) is 0.878. The smallest absolute Gasteiger partial charge is 0.238 e. The topological polar surface area (TPSA) is 48.1 Å². The van der Waals surface area contributed by atoms with Crippen molar-refractivity contribution in [3.8, 4) is 11.6 Å². The van der Waals surface area contributed by atoms with Crippen LogP contribution < -0.4 is 10.5 Å². The Hall–Kier alpha value is -0.970. The molecule has 0 spiro atoms. The molecule has 1 heterocycles. The second-order valence-corrected chi connectivity index (χ2v) is 4.96. The number of rotatable bonds is 2. The molecule has 0 atom stereocenters. The van der Waals surface area contributed by atoms with Gasteiger partial charge < -0.3 is 10.5 Å². The third-order valence-electron chi connectivity index (χ3n) is 1.93. The van der Waals surface area contributed by atoms with Crippen molar-refractivity contribution >= 4 is 44.8 Å². The Kier molecular flexibility index (Phi) is 3.76. The van der Waals surface area contributed by atoms with E-state index in [9.17, 15) is 0 Å². The Bertz CT molecular complexity index is 514. The lowest BCUT2D eigenvalue weighted by molar-refractivity contribution is 0.463. The van der Waals surface area contributed by atoms with Crippen LogP contribution in [0, 0.1) is 0 Å². The van der Waals surface area contributed by atoms with Crippen LogP contribution in [0.4, 0.5) is 5.69 Å². The number of hydrogen-bond donors (Lipinski definition) is 1. The van der Waals surface area contributed by atoms with E-state index in [2.05, 4.69) is 20.9 Å². The molecule has 2 rings (SSSR count). The Morgan fingerprint density at radius 1 is 1.18 bits per heavy atom. The number of benzene rings is 1. The molecule has 0 aliphatic rings. The normalized spacial score (nSPS) is 10.3. The summed E-state index contributed by atoms with van der Waals surface area (Å²) >= 11 is 15.3. The van der Waals surface area contributed by atoms with Gasteiger partial charge in [0.25, 0.3) is 0 Å². The highest BCUT2D eigenvalue weighted by Gasteiger charge is 2.08. The molecule has 0 aliphatic heterocycles. The minimum absolute atomic E-state index is 0.269. The number of aromatic nitrogens is 1. The van der Waals surface area contributed by atoms with Crippen molar-refractivity contribution in [2.24, 2.45) is 0 Å². The van der Waals surface area contributed by atoms with E-state index in [1.807, 2.05) is 6.07 Å². The monoisotopic (exact) mass is 332 g/mol. The molecule has 2 N–H and O–H groups in total. The molecule has 0 unspecified atom stereocenters. The van der Waals surface area contributed by atoms with Crippen LogP contribution in [0.3, 0.4) is 0 Å². The summed E-state index contributed by atoms with van der Waals surface area (Å²) in [4.78, 5) is 3.99. The van der Waals surface area contributed by atoms with E-state index in [1.165, 1.54) is 6.20 Å². The van der Waals surface area contributed by atoms with Crippen LogP contribution in [0.15, 0.2) is 34.9 Å². The molecule has 0 saturated carbocycles. The van der Waals surface area contributed by atoms with Gasteiger partial charge in [0.1, 0.15) is 10.8 Å². The number of nitrogens with zero attached hydrogens (tertiary/aromatic N) is 1. The number of ether oxygens (including phenoxy) is 1. The summed E-state index contributed by atoms with van der Waals surface area (Å²) in [6.07, 6.45) is 1.47. The van der Waals surface area contributed by atoms with E-state index in [0.717, 1.165) is 4.47 Å². The lowest BCUT2D eigenvalue weighted by atomic mass is 10.3. The fraction of sp³-hybridized carbons (Fsp3) is 0. The molecule has 2 aromatic rings. The number of pyridine rings is 1. The minimum Gasteiger partial charge on any atom is -0.436 e. The minimum atomic E-state index is 0.269. The highest BCUT2D eigenvalue weighted by molar-refractivity contribution is 9.10. The summed E-state index contributed by atoms with van der Waals surface area (Å²) in [7, 11) is 0. The summed E-state index contributed by atoms with van der Waals surface area (Å²) in [5.74, 6) is 0.749. The number of anilines is 1. The third-order valence-corrected chi connectivity index (χ3v) is 2.99. The van der Waals surface area contributed by atoms with E-state index >= 15 is 0 Å². The molecular formula is C11H7BrCl2N2O. The van der Waals surface area contributed by atoms with Gasteiger partial charge in [-0.2, -0.15) is 0 Å². The number of halogens is 3. The van der Waals surface area contributed by atoms with Gasteiger partial charge >= 0.3 is 0 Å². The Balaban J connectivity index is 2.31. The zero-order valence-electron chi connectivity index (χ0n) is 8.45. The summed E-state index contributed by atoms with van der Waals surface area (Å²) < 4.78 is 6.37. The lowest BCUT2D eigenvalue weighted by Gasteiger charge is -2.08. The summed E-state index contributed by atoms with van der Waals surface area (Å²) in [5, 5.41) is 0.804. The van der Waals surface area contributed by atoms with Crippen LogP contribution in [-0.4, -0.2) is 4.98 Å². The van der Waals surface area contributed by atoms with Gasteiger partial charge in [-0.25, -0.2) is 4.98 Å². The van der Waals surface area contributed by atoms with Crippen LogP contribution in [0.1, 0.15) is 0 Å². The van der Waals surface area contributed by atoms with E-state index in [4.69, 9.17) is 33.7 Å². The fourth-order valence-electron chi connectivity index (χ4n) is 1.18. The summed E-state index contributed by atoms with van der Waals surface area (Å²) in [5.41, 5.74) is 6.01. The maximum atomic E-state index is 6.01. The summed E-state index contributed by atoms with van der Waals surface area (Å²) in [6, 6.07) is 6.83. The molecule has 88 valence electrons. The zero-order valence-corrected chi connectivity index (χ0v) is 11.6. The molecule has 0 bridgehead atoms. The van der Waals surface area contributed by atoms with Gasteiger partial charge in [-0.1, -0.05) is 39.1 Å². The van der Waals surface area contributed by atoms with Crippen molar-refractivity contribution in [3.05, 3.63) is 45.0 Å². The van der Waals surface area contributed by atoms with E-state index in [1.54, 1.807) is 18.2 Å². The predicted octanol–water partition coefficient (Wildman–Crippen LogP) is 4.53. The van der Waals surface area contributed by atoms with Gasteiger partial charge in [-0.15, -0.1) is 0 Å². The van der Waals surface area contributed by atoms with E-state index in [-0.39, 0.29) is 5.88 Å². The molecule has 1 aromatic carbocycles. The first kappa shape index (κ1) is 12.5. The van der Waals surface area contributed by atoms with Gasteiger partial charge in [0.2, 0.25) is 5.88 Å². The number of nitrogens with two attached hydrogens (primary N) is 1. The third kappa shape index (κ3) is 3.03. The fourth-order valence-corrected chi connectivity index (χ4v) is 2.10. The Labute approximate surface area is 117 Å². The molecule has 0 aliphatic carbocycles. The molecule has 0 amide bonds.